The number of imidazole rings is 1. The Kier molecular flexibility index (Phi) is 11.2. The Hall–Kier alpha value is -4.07. The number of halogens is 2. The Morgan fingerprint density at radius 2 is 1.69 bits per heavy atom. The maximum Gasteiger partial charge on any atom is 0.303 e. The third-order valence-corrected chi connectivity index (χ3v) is 7.06. The number of amides is 1. The molecule has 0 bridgehead atoms. The van der Waals surface area contributed by atoms with Crippen LogP contribution in [0.5, 0.6) is 5.75 Å². The molecule has 9 heteroatoms. The van der Waals surface area contributed by atoms with Crippen LogP contribution in [0, 0.1) is 0 Å². The molecule has 4 aromatic rings. The number of hydrogen-bond donors (Lipinski definition) is 2. The molecule has 4 rings (SSSR count). The van der Waals surface area contributed by atoms with Crippen molar-refractivity contribution in [1.29, 1.82) is 0 Å². The number of benzene rings is 3. The van der Waals surface area contributed by atoms with Gasteiger partial charge in [-0.25, -0.2) is 4.98 Å². The van der Waals surface area contributed by atoms with Crippen LogP contribution in [0.15, 0.2) is 72.9 Å². The molecule has 0 aliphatic carbocycles. The second-order valence-electron chi connectivity index (χ2n) is 9.77. The molecule has 0 atom stereocenters. The minimum absolute atomic E-state index is 0.0784. The molecule has 3 aromatic carbocycles. The van der Waals surface area contributed by atoms with Crippen LogP contribution in [0.3, 0.4) is 0 Å². The van der Waals surface area contributed by atoms with Crippen LogP contribution in [0.2, 0.25) is 10.0 Å². The van der Waals surface area contributed by atoms with E-state index in [9.17, 15) is 9.59 Å². The molecule has 0 saturated heterocycles. The van der Waals surface area contributed by atoms with Gasteiger partial charge in [0.15, 0.2) is 0 Å². The normalized spacial score (nSPS) is 11.1. The molecule has 0 unspecified atom stereocenters. The lowest BCUT2D eigenvalue weighted by Crippen LogP contribution is -2.28. The van der Waals surface area contributed by atoms with Crippen molar-refractivity contribution >= 4 is 47.2 Å². The van der Waals surface area contributed by atoms with Crippen molar-refractivity contribution in [2.75, 3.05) is 13.2 Å². The zero-order valence-electron chi connectivity index (χ0n) is 23.4. The van der Waals surface area contributed by atoms with Gasteiger partial charge in [0.2, 0.25) is 5.91 Å². The summed E-state index contributed by atoms with van der Waals surface area (Å²) in [5, 5.41) is 12.7. The lowest BCUT2D eigenvalue weighted by molar-refractivity contribution is -0.137. The molecule has 42 heavy (non-hydrogen) atoms. The van der Waals surface area contributed by atoms with E-state index in [2.05, 4.69) is 12.2 Å². The Labute approximate surface area is 255 Å². The van der Waals surface area contributed by atoms with Gasteiger partial charge < -0.3 is 19.7 Å². The minimum Gasteiger partial charge on any atom is -0.494 e. The van der Waals surface area contributed by atoms with Gasteiger partial charge in [0, 0.05) is 29.7 Å². The van der Waals surface area contributed by atoms with Gasteiger partial charge in [0.25, 0.3) is 0 Å². The van der Waals surface area contributed by atoms with E-state index in [0.29, 0.717) is 46.9 Å². The van der Waals surface area contributed by atoms with Crippen molar-refractivity contribution in [3.8, 4) is 28.1 Å². The Balaban J connectivity index is 1.48. The first kappa shape index (κ1) is 30.9. The molecule has 218 valence electrons. The van der Waals surface area contributed by atoms with Gasteiger partial charge >= 0.3 is 5.97 Å². The molecular weight excluding hydrogens is 573 g/mol. The summed E-state index contributed by atoms with van der Waals surface area (Å²) in [4.78, 5) is 28.0. The molecule has 2 N–H and O–H groups in total. The molecule has 0 fully saturated rings. The first-order valence-corrected chi connectivity index (χ1v) is 14.6. The fourth-order valence-electron chi connectivity index (χ4n) is 4.25. The van der Waals surface area contributed by atoms with Gasteiger partial charge in [-0.15, -0.1) is 0 Å². The highest BCUT2D eigenvalue weighted by molar-refractivity contribution is 6.36. The van der Waals surface area contributed by atoms with Crippen LogP contribution >= 0.6 is 23.2 Å². The molecule has 1 aromatic heterocycles. The van der Waals surface area contributed by atoms with Crippen molar-refractivity contribution in [1.82, 2.24) is 14.9 Å². The number of ether oxygens (including phenoxy) is 1. The summed E-state index contributed by atoms with van der Waals surface area (Å²) in [5.74, 6) is 0.433. The molecule has 0 spiro atoms. The summed E-state index contributed by atoms with van der Waals surface area (Å²) in [5.41, 5.74) is 4.46. The molecule has 7 nitrogen and oxygen atoms in total. The van der Waals surface area contributed by atoms with Gasteiger partial charge in [-0.2, -0.15) is 0 Å². The van der Waals surface area contributed by atoms with E-state index >= 15 is 0 Å². The number of unbranched alkanes of at least 4 members (excludes halogenated alkanes) is 1. The number of carbonyl (C=O) groups excluding carboxylic acids is 1. The number of nitrogens with one attached hydrogen (secondary N) is 1. The van der Waals surface area contributed by atoms with Gasteiger partial charge in [-0.3, -0.25) is 9.59 Å². The zero-order chi connectivity index (χ0) is 29.9. The molecule has 1 amide bonds. The molecular formula is C33H33Cl2N3O4. The first-order valence-electron chi connectivity index (χ1n) is 13.8. The average Bonchev–Trinajstić information content (AvgIpc) is 3.36. The Bertz CT molecular complexity index is 1530. The largest absolute Gasteiger partial charge is 0.494 e. The van der Waals surface area contributed by atoms with Crippen molar-refractivity contribution in [3.05, 3.63) is 94.4 Å². The Morgan fingerprint density at radius 1 is 0.976 bits per heavy atom. The van der Waals surface area contributed by atoms with Gasteiger partial charge in [-0.1, -0.05) is 79.0 Å². The predicted octanol–water partition coefficient (Wildman–Crippen LogP) is 7.85. The van der Waals surface area contributed by atoms with Crippen LogP contribution in [0.1, 0.15) is 44.0 Å². The number of carbonyl (C=O) groups is 2. The topological polar surface area (TPSA) is 93.5 Å². The number of nitrogens with zero attached hydrogens (tertiary/aromatic N) is 2. The third-order valence-electron chi connectivity index (χ3n) is 6.51. The van der Waals surface area contributed by atoms with E-state index in [-0.39, 0.29) is 18.9 Å². The van der Waals surface area contributed by atoms with Gasteiger partial charge in [-0.05, 0) is 65.9 Å². The van der Waals surface area contributed by atoms with Crippen molar-refractivity contribution in [3.63, 3.8) is 0 Å². The van der Waals surface area contributed by atoms with E-state index in [4.69, 9.17) is 38.0 Å². The van der Waals surface area contributed by atoms with E-state index in [1.807, 2.05) is 77.5 Å². The summed E-state index contributed by atoms with van der Waals surface area (Å²) >= 11 is 12.5. The first-order chi connectivity index (χ1) is 20.3. The highest BCUT2D eigenvalue weighted by Crippen LogP contribution is 2.30. The Morgan fingerprint density at radius 3 is 2.36 bits per heavy atom. The van der Waals surface area contributed by atoms with Crippen LogP contribution in [0.25, 0.3) is 34.5 Å². The minimum atomic E-state index is -0.824. The number of carboxylic acid groups (broad SMARTS) is 1. The molecule has 0 aliphatic rings. The monoisotopic (exact) mass is 605 g/mol. The maximum atomic E-state index is 12.6. The smallest absolute Gasteiger partial charge is 0.303 e. The van der Waals surface area contributed by atoms with Crippen LogP contribution in [-0.2, 0) is 16.1 Å². The summed E-state index contributed by atoms with van der Waals surface area (Å²) in [6.45, 7) is 3.22. The average molecular weight is 607 g/mol. The van der Waals surface area contributed by atoms with E-state index in [1.165, 1.54) is 0 Å². The van der Waals surface area contributed by atoms with E-state index in [1.54, 1.807) is 12.1 Å². The number of hydrogen-bond acceptors (Lipinski definition) is 4. The molecule has 0 radical (unpaired) electrons. The van der Waals surface area contributed by atoms with E-state index < -0.39 is 5.97 Å². The highest BCUT2D eigenvalue weighted by Gasteiger charge is 2.13. The lowest BCUT2D eigenvalue weighted by Gasteiger charge is -2.07. The standard InChI is InChI=1S/C33H33Cl2N3O4/c1-2-3-18-36-32(39)22-38-21-30(28-16-13-26(34)20-29(28)35)37-31(38)17-8-23-6-9-24(10-7-23)25-11-14-27(15-12-25)42-19-4-5-33(40)41/h6-17,20-21H,2-5,18-19,22H2,1H3,(H,36,39)(H,40,41). The van der Waals surface area contributed by atoms with Gasteiger partial charge in [0.05, 0.1) is 17.3 Å². The molecule has 1 heterocycles. The van der Waals surface area contributed by atoms with E-state index in [0.717, 1.165) is 35.1 Å². The fraction of sp³-hybridized carbons (Fsp3) is 0.242. The van der Waals surface area contributed by atoms with Crippen molar-refractivity contribution in [2.45, 2.75) is 39.2 Å². The van der Waals surface area contributed by atoms with Crippen molar-refractivity contribution in [2.24, 2.45) is 0 Å². The van der Waals surface area contributed by atoms with Gasteiger partial charge in [0.1, 0.15) is 18.1 Å². The number of rotatable bonds is 14. The number of aromatic nitrogens is 2. The fourth-order valence-corrected chi connectivity index (χ4v) is 4.75. The van der Waals surface area contributed by atoms with Crippen LogP contribution < -0.4 is 10.1 Å². The zero-order valence-corrected chi connectivity index (χ0v) is 24.9. The summed E-state index contributed by atoms with van der Waals surface area (Å²) in [6.07, 6.45) is 8.17. The molecule has 0 aliphatic heterocycles. The van der Waals surface area contributed by atoms with Crippen molar-refractivity contribution < 1.29 is 19.4 Å². The van der Waals surface area contributed by atoms with Crippen LogP contribution in [-0.4, -0.2) is 39.7 Å². The summed E-state index contributed by atoms with van der Waals surface area (Å²) in [6, 6.07) is 21.1. The third kappa shape index (κ3) is 8.96. The molecule has 0 saturated carbocycles. The number of aliphatic carboxylic acids is 1. The SMILES string of the molecule is CCCCNC(=O)Cn1cc(-c2ccc(Cl)cc2Cl)nc1C=Cc1ccc(-c2ccc(OCCCC(=O)O)cc2)cc1. The summed E-state index contributed by atoms with van der Waals surface area (Å²) < 4.78 is 7.44. The number of carboxylic acids is 1. The second kappa shape index (κ2) is 15.2. The lowest BCUT2D eigenvalue weighted by atomic mass is 10.0. The second-order valence-corrected chi connectivity index (χ2v) is 10.6. The highest BCUT2D eigenvalue weighted by atomic mass is 35.5. The predicted molar refractivity (Wildman–Crippen MR) is 169 cm³/mol. The van der Waals surface area contributed by atoms with Crippen LogP contribution in [0.4, 0.5) is 0 Å². The quantitative estimate of drug-likeness (QED) is 0.143. The summed E-state index contributed by atoms with van der Waals surface area (Å²) in [7, 11) is 0. The maximum absolute atomic E-state index is 12.6.